The van der Waals surface area contributed by atoms with Gasteiger partial charge in [-0.3, -0.25) is 0 Å². The number of benzene rings is 9. The summed E-state index contributed by atoms with van der Waals surface area (Å²) in [5.41, 5.74) is 10.6. The molecule has 0 aliphatic carbocycles. The van der Waals surface area contributed by atoms with E-state index in [0.717, 1.165) is 17.1 Å². The van der Waals surface area contributed by atoms with Gasteiger partial charge in [-0.25, -0.2) is 0 Å². The third-order valence-corrected chi connectivity index (χ3v) is 9.65. The molecule has 0 bridgehead atoms. The second kappa shape index (κ2) is 12.3. The molecule has 0 fully saturated rings. The minimum Gasteiger partial charge on any atom is -0.310 e. The number of hydrogen-bond acceptors (Lipinski definition) is 1. The van der Waals surface area contributed by atoms with Crippen LogP contribution in [-0.2, 0) is 0 Å². The van der Waals surface area contributed by atoms with Crippen molar-refractivity contribution in [3.05, 3.63) is 200 Å². The molecule has 0 radical (unpaired) electrons. The number of rotatable bonds is 6. The second-order valence-electron chi connectivity index (χ2n) is 12.5. The summed E-state index contributed by atoms with van der Waals surface area (Å²) in [5.74, 6) is 0. The summed E-state index contributed by atoms with van der Waals surface area (Å²) < 4.78 is 0. The lowest BCUT2D eigenvalue weighted by molar-refractivity contribution is 1.29. The maximum Gasteiger partial charge on any atom is 0.0468 e. The van der Waals surface area contributed by atoms with Crippen molar-refractivity contribution in [3.63, 3.8) is 0 Å². The number of fused-ring (bicyclic) bond motifs is 6. The number of nitrogens with zero attached hydrogens (tertiary/aromatic N) is 1. The Morgan fingerprint density at radius 1 is 0.224 bits per heavy atom. The molecular formula is C48H33N. The highest BCUT2D eigenvalue weighted by atomic mass is 15.1. The molecule has 0 aromatic heterocycles. The van der Waals surface area contributed by atoms with Gasteiger partial charge in [-0.05, 0) is 108 Å². The average molecular weight is 624 g/mol. The molecule has 9 aromatic rings. The largest absolute Gasteiger partial charge is 0.310 e. The van der Waals surface area contributed by atoms with Crippen molar-refractivity contribution in [1.82, 2.24) is 0 Å². The molecule has 0 atom stereocenters. The van der Waals surface area contributed by atoms with E-state index in [-0.39, 0.29) is 0 Å². The van der Waals surface area contributed by atoms with E-state index in [1.165, 1.54) is 65.7 Å². The molecule has 0 saturated heterocycles. The van der Waals surface area contributed by atoms with Gasteiger partial charge < -0.3 is 4.90 Å². The van der Waals surface area contributed by atoms with E-state index in [9.17, 15) is 0 Å². The Kier molecular flexibility index (Phi) is 7.22. The highest BCUT2D eigenvalue weighted by molar-refractivity contribution is 6.25. The lowest BCUT2D eigenvalue weighted by Crippen LogP contribution is -2.09. The minimum absolute atomic E-state index is 1.11. The summed E-state index contributed by atoms with van der Waals surface area (Å²) in [6.07, 6.45) is 0. The van der Waals surface area contributed by atoms with Gasteiger partial charge in [0.15, 0.2) is 0 Å². The van der Waals surface area contributed by atoms with Gasteiger partial charge in [0.05, 0.1) is 0 Å². The molecule has 0 aliphatic heterocycles. The van der Waals surface area contributed by atoms with Gasteiger partial charge in [-0.2, -0.15) is 0 Å². The zero-order valence-corrected chi connectivity index (χ0v) is 27.0. The first kappa shape index (κ1) is 28.8. The molecule has 9 rings (SSSR count). The van der Waals surface area contributed by atoms with Gasteiger partial charge in [0, 0.05) is 17.1 Å². The van der Waals surface area contributed by atoms with Crippen molar-refractivity contribution in [2.75, 3.05) is 4.90 Å². The van der Waals surface area contributed by atoms with Crippen molar-refractivity contribution in [3.8, 4) is 33.4 Å². The minimum atomic E-state index is 1.11. The topological polar surface area (TPSA) is 3.24 Å². The van der Waals surface area contributed by atoms with Crippen LogP contribution in [0.2, 0.25) is 0 Å². The van der Waals surface area contributed by atoms with Gasteiger partial charge in [0.2, 0.25) is 0 Å². The Bertz CT molecular complexity index is 2540. The summed E-state index contributed by atoms with van der Waals surface area (Å²) in [4.78, 5) is 2.37. The SMILES string of the molecule is c1ccc(-c2ccc(-c3ccccc3)c(-c3ccc(N(c4ccccc4)c4ccc5c6ccccc6c6ccccc6c5c4)cc3)c2)cc1. The lowest BCUT2D eigenvalue weighted by atomic mass is 9.91. The van der Waals surface area contributed by atoms with Crippen LogP contribution in [0.15, 0.2) is 200 Å². The first-order valence-electron chi connectivity index (χ1n) is 16.9. The molecule has 1 nitrogen and oxygen atoms in total. The van der Waals surface area contributed by atoms with E-state index in [1.807, 2.05) is 0 Å². The highest BCUT2D eigenvalue weighted by Crippen LogP contribution is 2.42. The third kappa shape index (κ3) is 5.23. The first-order valence-corrected chi connectivity index (χ1v) is 16.9. The van der Waals surface area contributed by atoms with Crippen LogP contribution in [-0.4, -0.2) is 0 Å². The molecule has 0 amide bonds. The molecule has 0 unspecified atom stereocenters. The Balaban J connectivity index is 1.20. The number of para-hydroxylation sites is 1. The summed E-state index contributed by atoms with van der Waals surface area (Å²) in [6.45, 7) is 0. The second-order valence-corrected chi connectivity index (χ2v) is 12.5. The zero-order chi connectivity index (χ0) is 32.6. The molecule has 9 aromatic carbocycles. The van der Waals surface area contributed by atoms with Crippen LogP contribution in [0.25, 0.3) is 65.7 Å². The van der Waals surface area contributed by atoms with E-state index >= 15 is 0 Å². The maximum absolute atomic E-state index is 2.37. The quantitative estimate of drug-likeness (QED) is 0.167. The summed E-state index contributed by atoms with van der Waals surface area (Å²) >= 11 is 0. The predicted octanol–water partition coefficient (Wildman–Crippen LogP) is 13.6. The fourth-order valence-corrected chi connectivity index (χ4v) is 7.31. The fraction of sp³-hybridized carbons (Fsp3) is 0. The molecule has 49 heavy (non-hydrogen) atoms. The van der Waals surface area contributed by atoms with Crippen molar-refractivity contribution < 1.29 is 0 Å². The molecule has 0 N–H and O–H groups in total. The van der Waals surface area contributed by atoms with E-state index in [1.54, 1.807) is 0 Å². The van der Waals surface area contributed by atoms with Gasteiger partial charge in [0.1, 0.15) is 0 Å². The van der Waals surface area contributed by atoms with E-state index in [0.29, 0.717) is 0 Å². The molecular weight excluding hydrogens is 591 g/mol. The lowest BCUT2D eigenvalue weighted by Gasteiger charge is -2.26. The molecule has 0 spiro atoms. The van der Waals surface area contributed by atoms with Crippen LogP contribution in [0.5, 0.6) is 0 Å². The van der Waals surface area contributed by atoms with E-state index in [2.05, 4.69) is 205 Å². The summed E-state index contributed by atoms with van der Waals surface area (Å²) in [5, 5.41) is 7.66. The van der Waals surface area contributed by atoms with Crippen LogP contribution in [0.4, 0.5) is 17.1 Å². The van der Waals surface area contributed by atoms with Gasteiger partial charge in [-0.15, -0.1) is 0 Å². The molecule has 0 heterocycles. The van der Waals surface area contributed by atoms with Crippen molar-refractivity contribution in [2.24, 2.45) is 0 Å². The van der Waals surface area contributed by atoms with Crippen LogP contribution >= 0.6 is 0 Å². The zero-order valence-electron chi connectivity index (χ0n) is 27.0. The van der Waals surface area contributed by atoms with Crippen molar-refractivity contribution in [2.45, 2.75) is 0 Å². The van der Waals surface area contributed by atoms with Gasteiger partial charge in [0.25, 0.3) is 0 Å². The molecule has 0 aliphatic rings. The fourth-order valence-electron chi connectivity index (χ4n) is 7.31. The number of hydrogen-bond donors (Lipinski definition) is 0. The van der Waals surface area contributed by atoms with Gasteiger partial charge in [-0.1, -0.05) is 158 Å². The monoisotopic (exact) mass is 623 g/mol. The molecule has 0 saturated carbocycles. The van der Waals surface area contributed by atoms with Gasteiger partial charge >= 0.3 is 0 Å². The number of anilines is 3. The van der Waals surface area contributed by atoms with Crippen LogP contribution < -0.4 is 4.90 Å². The Morgan fingerprint density at radius 2 is 0.653 bits per heavy atom. The summed E-state index contributed by atoms with van der Waals surface area (Å²) in [6, 6.07) is 72.4. The standard InChI is InChI=1S/C48H33N/c1-4-14-34(15-5-1)37-26-30-41(35-16-6-2-7-17-35)47(32-37)36-24-27-39(28-25-36)49(38-18-8-3-9-19-38)40-29-31-46-44-22-11-10-20-42(44)43-21-12-13-23-45(43)48(46)33-40/h1-33H. The van der Waals surface area contributed by atoms with Crippen LogP contribution in [0.1, 0.15) is 0 Å². The van der Waals surface area contributed by atoms with E-state index < -0.39 is 0 Å². The van der Waals surface area contributed by atoms with E-state index in [4.69, 9.17) is 0 Å². The van der Waals surface area contributed by atoms with Crippen LogP contribution in [0, 0.1) is 0 Å². The normalized spacial score (nSPS) is 11.3. The molecule has 1 heteroatoms. The first-order chi connectivity index (χ1) is 24.3. The average Bonchev–Trinajstić information content (AvgIpc) is 3.19. The highest BCUT2D eigenvalue weighted by Gasteiger charge is 2.17. The van der Waals surface area contributed by atoms with Crippen molar-refractivity contribution >= 4 is 49.4 Å². The predicted molar refractivity (Wildman–Crippen MR) is 210 cm³/mol. The third-order valence-electron chi connectivity index (χ3n) is 9.65. The summed E-state index contributed by atoms with van der Waals surface area (Å²) in [7, 11) is 0. The van der Waals surface area contributed by atoms with Crippen LogP contribution in [0.3, 0.4) is 0 Å². The Labute approximate surface area is 287 Å². The smallest absolute Gasteiger partial charge is 0.0468 e. The Morgan fingerprint density at radius 3 is 1.27 bits per heavy atom. The maximum atomic E-state index is 2.37. The Hall–Kier alpha value is -6.44. The van der Waals surface area contributed by atoms with Crippen molar-refractivity contribution in [1.29, 1.82) is 0 Å². The molecule has 230 valence electrons.